The fourth-order valence-corrected chi connectivity index (χ4v) is 4.83. The Labute approximate surface area is 217 Å². The maximum atomic E-state index is 14.4. The van der Waals surface area contributed by atoms with E-state index in [2.05, 4.69) is 10.1 Å². The first-order chi connectivity index (χ1) is 18.3. The predicted molar refractivity (Wildman–Crippen MR) is 136 cm³/mol. The Morgan fingerprint density at radius 2 is 1.79 bits per heavy atom. The van der Waals surface area contributed by atoms with Crippen LogP contribution in [-0.2, 0) is 7.05 Å². The summed E-state index contributed by atoms with van der Waals surface area (Å²) in [5, 5.41) is 15.2. The molecule has 38 heavy (non-hydrogen) atoms. The van der Waals surface area contributed by atoms with Gasteiger partial charge in [-0.25, -0.2) is 4.39 Å². The van der Waals surface area contributed by atoms with Crippen molar-refractivity contribution in [3.63, 3.8) is 0 Å². The molecule has 0 spiro atoms. The van der Waals surface area contributed by atoms with E-state index in [1.54, 1.807) is 55.7 Å². The Balaban J connectivity index is 1.65. The number of ether oxygens (including phenoxy) is 2. The van der Waals surface area contributed by atoms with E-state index in [1.165, 1.54) is 29.9 Å². The Bertz CT molecular complexity index is 1560. The van der Waals surface area contributed by atoms with Gasteiger partial charge in [-0.05, 0) is 36.2 Å². The number of benzene rings is 2. The molecule has 196 valence electrons. The summed E-state index contributed by atoms with van der Waals surface area (Å²) < 4.78 is 28.1. The molecule has 10 nitrogen and oxygen atoms in total. The minimum absolute atomic E-state index is 0.00175. The molecule has 0 bridgehead atoms. The van der Waals surface area contributed by atoms with Gasteiger partial charge in [-0.1, -0.05) is 24.3 Å². The molecular weight excluding hydrogens is 493 g/mol. The quantitative estimate of drug-likeness (QED) is 0.417. The molecule has 2 aromatic carbocycles. The standard InChI is InChI=1S/C27H26FN5O5/c1-31-13-12-19(30-31)24-29-25(34)22(27(36)33(24)23-20(37-2)9-6-10-21(23)38-3)26(35)32-14-11-16(15-32)17-7-4-5-8-18(17)28/h4-10,12-13,16,34H,11,14-15H2,1-3H3/t16-/m0/s1. The third-order valence-corrected chi connectivity index (χ3v) is 6.67. The van der Waals surface area contributed by atoms with E-state index < -0.39 is 22.9 Å². The molecule has 0 radical (unpaired) electrons. The molecule has 1 saturated heterocycles. The van der Waals surface area contributed by atoms with E-state index in [0.717, 1.165) is 4.57 Å². The second-order valence-corrected chi connectivity index (χ2v) is 8.92. The summed E-state index contributed by atoms with van der Waals surface area (Å²) in [6, 6.07) is 13.0. The monoisotopic (exact) mass is 519 g/mol. The van der Waals surface area contributed by atoms with E-state index in [-0.39, 0.29) is 53.5 Å². The normalized spacial score (nSPS) is 15.1. The van der Waals surface area contributed by atoms with E-state index in [9.17, 15) is 19.1 Å². The first kappa shape index (κ1) is 25.0. The number of aromatic hydroxyl groups is 1. The molecule has 1 amide bonds. The van der Waals surface area contributed by atoms with Crippen LogP contribution in [0.4, 0.5) is 4.39 Å². The molecule has 0 unspecified atom stereocenters. The van der Waals surface area contributed by atoms with E-state index in [1.807, 2.05) is 0 Å². The number of hydrogen-bond donors (Lipinski definition) is 1. The van der Waals surface area contributed by atoms with Gasteiger partial charge in [-0.2, -0.15) is 10.1 Å². The molecule has 1 N–H and O–H groups in total. The molecular formula is C27H26FN5O5. The molecule has 4 aromatic rings. The highest BCUT2D eigenvalue weighted by atomic mass is 19.1. The van der Waals surface area contributed by atoms with Crippen molar-refractivity contribution in [1.82, 2.24) is 24.2 Å². The molecule has 1 atom stereocenters. The van der Waals surface area contributed by atoms with Crippen LogP contribution in [0.15, 0.2) is 59.5 Å². The highest BCUT2D eigenvalue weighted by molar-refractivity contribution is 5.96. The lowest BCUT2D eigenvalue weighted by molar-refractivity contribution is 0.0784. The molecule has 1 fully saturated rings. The number of carbonyl (C=O) groups is 1. The number of hydrogen-bond acceptors (Lipinski definition) is 7. The first-order valence-electron chi connectivity index (χ1n) is 11.9. The van der Waals surface area contributed by atoms with Gasteiger partial charge in [0.15, 0.2) is 11.4 Å². The summed E-state index contributed by atoms with van der Waals surface area (Å²) in [6.07, 6.45) is 2.18. The van der Waals surface area contributed by atoms with Crippen molar-refractivity contribution >= 4 is 5.91 Å². The van der Waals surface area contributed by atoms with Crippen LogP contribution in [-0.4, -0.2) is 62.6 Å². The second-order valence-electron chi connectivity index (χ2n) is 8.92. The summed E-state index contributed by atoms with van der Waals surface area (Å²) in [4.78, 5) is 33.4. The Kier molecular flexibility index (Phi) is 6.58. The topological polar surface area (TPSA) is 112 Å². The van der Waals surface area contributed by atoms with Crippen molar-refractivity contribution in [2.24, 2.45) is 7.05 Å². The van der Waals surface area contributed by atoms with Crippen LogP contribution in [0.2, 0.25) is 0 Å². The number of aryl methyl sites for hydroxylation is 1. The zero-order chi connectivity index (χ0) is 27.0. The van der Waals surface area contributed by atoms with Crippen LogP contribution >= 0.6 is 0 Å². The van der Waals surface area contributed by atoms with Gasteiger partial charge < -0.3 is 19.5 Å². The Morgan fingerprint density at radius 3 is 2.42 bits per heavy atom. The smallest absolute Gasteiger partial charge is 0.275 e. The summed E-state index contributed by atoms with van der Waals surface area (Å²) in [7, 11) is 4.58. The number of rotatable bonds is 6. The van der Waals surface area contributed by atoms with Crippen molar-refractivity contribution < 1.29 is 23.8 Å². The second kappa shape index (κ2) is 10.0. The summed E-state index contributed by atoms with van der Waals surface area (Å²) in [5.41, 5.74) is -0.332. The van der Waals surface area contributed by atoms with Crippen molar-refractivity contribution in [3.8, 4) is 34.6 Å². The van der Waals surface area contributed by atoms with Gasteiger partial charge in [0, 0.05) is 32.3 Å². The number of amides is 1. The highest BCUT2D eigenvalue weighted by Gasteiger charge is 2.34. The summed E-state index contributed by atoms with van der Waals surface area (Å²) >= 11 is 0. The molecule has 0 saturated carbocycles. The summed E-state index contributed by atoms with van der Waals surface area (Å²) in [5.74, 6) is -1.43. The van der Waals surface area contributed by atoms with Crippen LogP contribution in [0.5, 0.6) is 17.4 Å². The minimum Gasteiger partial charge on any atom is -0.494 e. The molecule has 2 aromatic heterocycles. The van der Waals surface area contributed by atoms with Gasteiger partial charge >= 0.3 is 0 Å². The number of aromatic nitrogens is 4. The zero-order valence-electron chi connectivity index (χ0n) is 21.1. The van der Waals surface area contributed by atoms with Crippen molar-refractivity contribution in [2.45, 2.75) is 12.3 Å². The van der Waals surface area contributed by atoms with E-state index >= 15 is 0 Å². The van der Waals surface area contributed by atoms with Gasteiger partial charge in [0.1, 0.15) is 28.7 Å². The third-order valence-electron chi connectivity index (χ3n) is 6.67. The molecule has 5 rings (SSSR count). The lowest BCUT2D eigenvalue weighted by Crippen LogP contribution is -2.36. The molecule has 0 aliphatic carbocycles. The van der Waals surface area contributed by atoms with Crippen LogP contribution in [0.25, 0.3) is 17.2 Å². The van der Waals surface area contributed by atoms with Gasteiger partial charge in [-0.15, -0.1) is 0 Å². The molecule has 1 aliphatic rings. The van der Waals surface area contributed by atoms with Crippen molar-refractivity contribution in [3.05, 3.63) is 82.0 Å². The van der Waals surface area contributed by atoms with E-state index in [0.29, 0.717) is 12.0 Å². The Morgan fingerprint density at radius 1 is 1.08 bits per heavy atom. The number of nitrogens with zero attached hydrogens (tertiary/aromatic N) is 5. The van der Waals surface area contributed by atoms with E-state index in [4.69, 9.17) is 9.47 Å². The zero-order valence-corrected chi connectivity index (χ0v) is 21.1. The lowest BCUT2D eigenvalue weighted by atomic mass is 9.98. The summed E-state index contributed by atoms with van der Waals surface area (Å²) in [6.45, 7) is 0.481. The molecule has 11 heteroatoms. The number of likely N-dealkylation sites (tertiary alicyclic amines) is 1. The van der Waals surface area contributed by atoms with Crippen molar-refractivity contribution in [2.75, 3.05) is 27.3 Å². The maximum absolute atomic E-state index is 14.4. The number of halogens is 1. The fraction of sp³-hybridized carbons (Fsp3) is 0.259. The largest absolute Gasteiger partial charge is 0.494 e. The Hall–Kier alpha value is -4.67. The average Bonchev–Trinajstić information content (AvgIpc) is 3.58. The maximum Gasteiger partial charge on any atom is 0.275 e. The van der Waals surface area contributed by atoms with Crippen LogP contribution in [0, 0.1) is 5.82 Å². The van der Waals surface area contributed by atoms with Crippen molar-refractivity contribution in [1.29, 1.82) is 0 Å². The van der Waals surface area contributed by atoms with Crippen LogP contribution in [0.3, 0.4) is 0 Å². The minimum atomic E-state index is -0.819. The van der Waals surface area contributed by atoms with Crippen LogP contribution < -0.4 is 15.0 Å². The molecule has 1 aliphatic heterocycles. The predicted octanol–water partition coefficient (Wildman–Crippen LogP) is 3.12. The molecule has 3 heterocycles. The highest BCUT2D eigenvalue weighted by Crippen LogP contribution is 2.35. The first-order valence-corrected chi connectivity index (χ1v) is 11.9. The van der Waals surface area contributed by atoms with Gasteiger partial charge in [0.2, 0.25) is 5.88 Å². The third kappa shape index (κ3) is 4.25. The van der Waals surface area contributed by atoms with Gasteiger partial charge in [-0.3, -0.25) is 18.8 Å². The SMILES string of the molecule is COc1cccc(OC)c1-n1c(-c2ccn(C)n2)nc(O)c(C(=O)N2CC[C@H](c3ccccc3F)C2)c1=O. The number of para-hydroxylation sites is 1. The van der Waals surface area contributed by atoms with Gasteiger partial charge in [0.25, 0.3) is 11.5 Å². The number of carbonyl (C=O) groups excluding carboxylic acids is 1. The average molecular weight is 520 g/mol. The lowest BCUT2D eigenvalue weighted by Gasteiger charge is -2.21. The van der Waals surface area contributed by atoms with Gasteiger partial charge in [0.05, 0.1) is 14.2 Å². The van der Waals surface area contributed by atoms with Crippen LogP contribution in [0.1, 0.15) is 28.3 Å². The fourth-order valence-electron chi connectivity index (χ4n) is 4.83. The number of methoxy groups -OCH3 is 2.